The quantitative estimate of drug-likeness (QED) is 0.619. The summed E-state index contributed by atoms with van der Waals surface area (Å²) in [5.41, 5.74) is 4.98. The molecule has 0 spiro atoms. The van der Waals surface area contributed by atoms with Gasteiger partial charge >= 0.3 is 0 Å². The minimum absolute atomic E-state index is 1.11. The lowest BCUT2D eigenvalue weighted by molar-refractivity contribution is 0.959. The lowest BCUT2D eigenvalue weighted by Crippen LogP contribution is -1.86. The van der Waals surface area contributed by atoms with Gasteiger partial charge in [-0.3, -0.25) is 0 Å². The van der Waals surface area contributed by atoms with Crippen molar-refractivity contribution in [2.75, 3.05) is 0 Å². The number of benzene rings is 1. The molecule has 0 atom stereocenters. The zero-order valence-corrected chi connectivity index (χ0v) is 10.0. The molecule has 1 rings (SSSR count). The van der Waals surface area contributed by atoms with Crippen LogP contribution in [-0.2, 0) is 0 Å². The molecule has 0 aliphatic heterocycles. The molecule has 0 aromatic heterocycles. The molecule has 0 saturated heterocycles. The molecule has 1 aromatic carbocycles. The van der Waals surface area contributed by atoms with Gasteiger partial charge in [0.25, 0.3) is 0 Å². The van der Waals surface area contributed by atoms with E-state index < -0.39 is 0 Å². The molecule has 0 saturated carbocycles. The maximum absolute atomic E-state index is 4.10. The molecular formula is C15H20. The third-order valence-corrected chi connectivity index (χ3v) is 2.50. The second kappa shape index (κ2) is 5.55. The fourth-order valence-corrected chi connectivity index (χ4v) is 1.66. The van der Waals surface area contributed by atoms with E-state index in [1.165, 1.54) is 23.1 Å². The zero-order valence-electron chi connectivity index (χ0n) is 10.0. The van der Waals surface area contributed by atoms with Crippen molar-refractivity contribution in [2.24, 2.45) is 0 Å². The molecule has 0 bridgehead atoms. The minimum Gasteiger partial charge on any atom is -0.0912 e. The minimum atomic E-state index is 1.11. The topological polar surface area (TPSA) is 0 Å². The molecule has 0 amide bonds. The highest BCUT2D eigenvalue weighted by atomic mass is 14.0. The Morgan fingerprint density at radius 1 is 1.33 bits per heavy atom. The summed E-state index contributed by atoms with van der Waals surface area (Å²) >= 11 is 0. The van der Waals surface area contributed by atoms with Crippen molar-refractivity contribution in [3.8, 4) is 0 Å². The van der Waals surface area contributed by atoms with Crippen molar-refractivity contribution in [1.29, 1.82) is 0 Å². The van der Waals surface area contributed by atoms with Crippen LogP contribution >= 0.6 is 0 Å². The van der Waals surface area contributed by atoms with Gasteiger partial charge in [-0.15, -0.1) is 0 Å². The fourth-order valence-electron chi connectivity index (χ4n) is 1.66. The lowest BCUT2D eigenvalue weighted by Gasteiger charge is -2.06. The summed E-state index contributed by atoms with van der Waals surface area (Å²) in [7, 11) is 0. The van der Waals surface area contributed by atoms with E-state index in [0.29, 0.717) is 0 Å². The summed E-state index contributed by atoms with van der Waals surface area (Å²) in [6, 6.07) is 6.50. The van der Waals surface area contributed by atoms with Gasteiger partial charge in [-0.2, -0.15) is 0 Å². The zero-order chi connectivity index (χ0) is 11.3. The lowest BCUT2D eigenvalue weighted by atomic mass is 9.99. The highest BCUT2D eigenvalue weighted by molar-refractivity contribution is 5.74. The van der Waals surface area contributed by atoms with Crippen LogP contribution in [-0.4, -0.2) is 0 Å². The molecule has 0 heteroatoms. The summed E-state index contributed by atoms with van der Waals surface area (Å²) in [5.74, 6) is 0. The maximum atomic E-state index is 4.10. The molecule has 0 radical (unpaired) electrons. The Hall–Kier alpha value is -1.30. The van der Waals surface area contributed by atoms with Crippen LogP contribution in [0.4, 0.5) is 0 Å². The molecule has 0 aliphatic rings. The van der Waals surface area contributed by atoms with E-state index >= 15 is 0 Å². The summed E-state index contributed by atoms with van der Waals surface area (Å²) in [6.45, 7) is 10.5. The first-order chi connectivity index (χ1) is 7.15. The van der Waals surface area contributed by atoms with Gasteiger partial charge < -0.3 is 0 Å². The molecule has 0 N–H and O–H groups in total. The van der Waals surface area contributed by atoms with Gasteiger partial charge in [0.15, 0.2) is 0 Å². The standard InChI is InChI=1S/C15H20/c1-5-6-7-8-13(3)15-10-9-12(2)11-14(15)4/h7-11H,3,5-6H2,1-2,4H3/b8-7-. The number of aryl methyl sites for hydroxylation is 2. The number of hydrogen-bond acceptors (Lipinski definition) is 0. The van der Waals surface area contributed by atoms with Crippen LogP contribution in [0.5, 0.6) is 0 Å². The molecule has 0 fully saturated rings. The van der Waals surface area contributed by atoms with Gasteiger partial charge in [0.1, 0.15) is 0 Å². The molecule has 0 nitrogen and oxygen atoms in total. The average Bonchev–Trinajstić information content (AvgIpc) is 2.17. The summed E-state index contributed by atoms with van der Waals surface area (Å²) in [5, 5.41) is 0. The Balaban J connectivity index is 2.82. The van der Waals surface area contributed by atoms with Crippen LogP contribution in [0.25, 0.3) is 5.57 Å². The van der Waals surface area contributed by atoms with E-state index in [9.17, 15) is 0 Å². The van der Waals surface area contributed by atoms with Crippen molar-refractivity contribution in [2.45, 2.75) is 33.6 Å². The molecule has 0 unspecified atom stereocenters. The smallest absolute Gasteiger partial charge is 0.0161 e. The number of allylic oxidation sites excluding steroid dienone is 3. The molecular weight excluding hydrogens is 180 g/mol. The number of hydrogen-bond donors (Lipinski definition) is 0. The SMILES string of the molecule is C=C(/C=C\CCC)c1ccc(C)cc1C. The molecule has 1 aromatic rings. The van der Waals surface area contributed by atoms with Gasteiger partial charge in [-0.25, -0.2) is 0 Å². The first-order valence-corrected chi connectivity index (χ1v) is 5.58. The third kappa shape index (κ3) is 3.39. The summed E-state index contributed by atoms with van der Waals surface area (Å²) in [4.78, 5) is 0. The molecule has 15 heavy (non-hydrogen) atoms. The second-order valence-electron chi connectivity index (χ2n) is 4.03. The Bertz CT molecular complexity index is 370. The van der Waals surface area contributed by atoms with E-state index in [0.717, 1.165) is 12.0 Å². The molecule has 80 valence electrons. The monoisotopic (exact) mass is 200 g/mol. The van der Waals surface area contributed by atoms with Gasteiger partial charge in [-0.05, 0) is 37.0 Å². The number of unbranched alkanes of at least 4 members (excludes halogenated alkanes) is 1. The van der Waals surface area contributed by atoms with Gasteiger partial charge in [0, 0.05) is 0 Å². The molecule has 0 heterocycles. The van der Waals surface area contributed by atoms with Gasteiger partial charge in [0.2, 0.25) is 0 Å². The van der Waals surface area contributed by atoms with Crippen molar-refractivity contribution < 1.29 is 0 Å². The van der Waals surface area contributed by atoms with E-state index in [1.54, 1.807) is 0 Å². The predicted molar refractivity (Wildman–Crippen MR) is 69.0 cm³/mol. The first kappa shape index (κ1) is 11.8. The van der Waals surface area contributed by atoms with Crippen LogP contribution in [0, 0.1) is 13.8 Å². The Kier molecular flexibility index (Phi) is 4.36. The van der Waals surface area contributed by atoms with Crippen LogP contribution in [0.1, 0.15) is 36.5 Å². The normalized spacial score (nSPS) is 10.9. The fraction of sp³-hybridized carbons (Fsp3) is 0.333. The van der Waals surface area contributed by atoms with Crippen molar-refractivity contribution in [1.82, 2.24) is 0 Å². The largest absolute Gasteiger partial charge is 0.0912 e. The van der Waals surface area contributed by atoms with Crippen LogP contribution in [0.15, 0.2) is 36.9 Å². The van der Waals surface area contributed by atoms with E-state index in [4.69, 9.17) is 0 Å². The van der Waals surface area contributed by atoms with Crippen LogP contribution in [0.2, 0.25) is 0 Å². The highest BCUT2D eigenvalue weighted by Crippen LogP contribution is 2.19. The van der Waals surface area contributed by atoms with Crippen molar-refractivity contribution in [3.05, 3.63) is 53.6 Å². The number of rotatable bonds is 4. The van der Waals surface area contributed by atoms with Crippen molar-refractivity contribution >= 4 is 5.57 Å². The predicted octanol–water partition coefficient (Wildman–Crippen LogP) is 4.67. The summed E-state index contributed by atoms with van der Waals surface area (Å²) < 4.78 is 0. The highest BCUT2D eigenvalue weighted by Gasteiger charge is 1.99. The van der Waals surface area contributed by atoms with Crippen LogP contribution in [0.3, 0.4) is 0 Å². The summed E-state index contributed by atoms with van der Waals surface area (Å²) in [6.07, 6.45) is 6.64. The van der Waals surface area contributed by atoms with Crippen LogP contribution < -0.4 is 0 Å². The Morgan fingerprint density at radius 3 is 2.67 bits per heavy atom. The maximum Gasteiger partial charge on any atom is -0.0161 e. The first-order valence-electron chi connectivity index (χ1n) is 5.58. The Morgan fingerprint density at radius 2 is 2.07 bits per heavy atom. The Labute approximate surface area is 93.3 Å². The van der Waals surface area contributed by atoms with E-state index in [-0.39, 0.29) is 0 Å². The van der Waals surface area contributed by atoms with Gasteiger partial charge in [0.05, 0.1) is 0 Å². The van der Waals surface area contributed by atoms with Gasteiger partial charge in [-0.1, -0.05) is 55.8 Å². The van der Waals surface area contributed by atoms with E-state index in [1.807, 2.05) is 0 Å². The third-order valence-electron chi connectivity index (χ3n) is 2.50. The second-order valence-corrected chi connectivity index (χ2v) is 4.03. The average molecular weight is 200 g/mol. The molecule has 0 aliphatic carbocycles. The van der Waals surface area contributed by atoms with E-state index in [2.05, 4.69) is 57.7 Å². The van der Waals surface area contributed by atoms with Crippen molar-refractivity contribution in [3.63, 3.8) is 0 Å².